The summed E-state index contributed by atoms with van der Waals surface area (Å²) in [7, 11) is 0. The molecule has 1 aliphatic carbocycles. The monoisotopic (exact) mass is 142 g/mol. The summed E-state index contributed by atoms with van der Waals surface area (Å²) < 4.78 is 0. The Balaban J connectivity index is 2.44. The highest BCUT2D eigenvalue weighted by Crippen LogP contribution is 2.19. The van der Waals surface area contributed by atoms with Crippen LogP contribution in [0.2, 0.25) is 0 Å². The molecule has 1 atom stereocenters. The van der Waals surface area contributed by atoms with Crippen LogP contribution < -0.4 is 0 Å². The Labute approximate surface area is 61.2 Å². The predicted molar refractivity (Wildman–Crippen MR) is 39.6 cm³/mol. The molecule has 0 aromatic heterocycles. The molecule has 0 radical (unpaired) electrons. The second-order valence-corrected chi connectivity index (χ2v) is 2.72. The summed E-state index contributed by atoms with van der Waals surface area (Å²) in [5, 5.41) is 17.8. The lowest BCUT2D eigenvalue weighted by atomic mass is 9.96. The van der Waals surface area contributed by atoms with Crippen LogP contribution in [0.25, 0.3) is 0 Å². The molecule has 1 aliphatic rings. The number of hydrogen-bond acceptors (Lipinski definition) is 2. The molecular formula is C8H14O2. The Morgan fingerprint density at radius 1 is 1.50 bits per heavy atom. The highest BCUT2D eigenvalue weighted by Gasteiger charge is 2.11. The third-order valence-electron chi connectivity index (χ3n) is 1.93. The molecule has 0 aromatic carbocycles. The van der Waals surface area contributed by atoms with Crippen molar-refractivity contribution in [2.24, 2.45) is 0 Å². The van der Waals surface area contributed by atoms with Gasteiger partial charge >= 0.3 is 0 Å². The fourth-order valence-corrected chi connectivity index (χ4v) is 1.28. The van der Waals surface area contributed by atoms with E-state index >= 15 is 0 Å². The van der Waals surface area contributed by atoms with Crippen LogP contribution >= 0.6 is 0 Å². The van der Waals surface area contributed by atoms with Gasteiger partial charge in [-0.2, -0.15) is 0 Å². The van der Waals surface area contributed by atoms with Crippen molar-refractivity contribution in [2.75, 3.05) is 6.61 Å². The molecule has 0 amide bonds. The largest absolute Gasteiger partial charge is 0.393 e. The van der Waals surface area contributed by atoms with E-state index in [1.54, 1.807) is 0 Å². The molecule has 0 heterocycles. The quantitative estimate of drug-likeness (QED) is 0.561. The van der Waals surface area contributed by atoms with Gasteiger partial charge in [-0.05, 0) is 31.3 Å². The van der Waals surface area contributed by atoms with E-state index in [-0.39, 0.29) is 6.61 Å². The van der Waals surface area contributed by atoms with E-state index in [4.69, 9.17) is 10.2 Å². The van der Waals surface area contributed by atoms with Crippen molar-refractivity contribution in [3.8, 4) is 0 Å². The van der Waals surface area contributed by atoms with Gasteiger partial charge in [-0.3, -0.25) is 0 Å². The zero-order valence-corrected chi connectivity index (χ0v) is 6.08. The Kier molecular flexibility index (Phi) is 2.90. The zero-order valence-electron chi connectivity index (χ0n) is 6.08. The Bertz CT molecular complexity index is 129. The molecule has 2 N–H and O–H groups in total. The van der Waals surface area contributed by atoms with Gasteiger partial charge in [-0.15, -0.1) is 0 Å². The maximum Gasteiger partial charge on any atom is 0.0980 e. The van der Waals surface area contributed by atoms with E-state index in [0.29, 0.717) is 0 Å². The lowest BCUT2D eigenvalue weighted by Crippen LogP contribution is -2.16. The first kappa shape index (κ1) is 7.76. The van der Waals surface area contributed by atoms with Crippen molar-refractivity contribution in [1.82, 2.24) is 0 Å². The average molecular weight is 142 g/mol. The number of hydrogen-bond donors (Lipinski definition) is 2. The lowest BCUT2D eigenvalue weighted by molar-refractivity contribution is 0.118. The zero-order chi connectivity index (χ0) is 7.40. The first-order chi connectivity index (χ1) is 4.84. The highest BCUT2D eigenvalue weighted by molar-refractivity contribution is 5.10. The average Bonchev–Trinajstić information content (AvgIpc) is 2.05. The summed E-state index contributed by atoms with van der Waals surface area (Å²) in [6.45, 7) is -0.133. The molecule has 2 heteroatoms. The molecule has 2 nitrogen and oxygen atoms in total. The summed E-state index contributed by atoms with van der Waals surface area (Å²) in [5.74, 6) is 0. The minimum Gasteiger partial charge on any atom is -0.393 e. The summed E-state index contributed by atoms with van der Waals surface area (Å²) in [6.07, 6.45) is 5.85. The van der Waals surface area contributed by atoms with Crippen LogP contribution in [0, 0.1) is 0 Å². The van der Waals surface area contributed by atoms with Gasteiger partial charge in [0.25, 0.3) is 0 Å². The van der Waals surface area contributed by atoms with Crippen molar-refractivity contribution in [3.05, 3.63) is 11.6 Å². The van der Waals surface area contributed by atoms with Crippen LogP contribution in [-0.4, -0.2) is 22.9 Å². The van der Waals surface area contributed by atoms with Gasteiger partial charge in [0, 0.05) is 0 Å². The van der Waals surface area contributed by atoms with E-state index in [9.17, 15) is 0 Å². The molecule has 0 saturated heterocycles. The molecule has 58 valence electrons. The fourth-order valence-electron chi connectivity index (χ4n) is 1.28. The van der Waals surface area contributed by atoms with Crippen LogP contribution in [0.5, 0.6) is 0 Å². The normalized spacial score (nSPS) is 22.0. The van der Waals surface area contributed by atoms with E-state index in [1.807, 2.05) is 6.08 Å². The van der Waals surface area contributed by atoms with Crippen molar-refractivity contribution < 1.29 is 10.2 Å². The van der Waals surface area contributed by atoms with Crippen molar-refractivity contribution >= 4 is 0 Å². The molecule has 0 saturated carbocycles. The first-order valence-corrected chi connectivity index (χ1v) is 3.82. The van der Waals surface area contributed by atoms with Crippen LogP contribution in [0.1, 0.15) is 25.7 Å². The number of aliphatic hydroxyl groups excluding tert-OH is 2. The van der Waals surface area contributed by atoms with Crippen LogP contribution in [0.4, 0.5) is 0 Å². The first-order valence-electron chi connectivity index (χ1n) is 3.82. The van der Waals surface area contributed by atoms with Crippen molar-refractivity contribution in [3.63, 3.8) is 0 Å². The Hall–Kier alpha value is -0.340. The minimum atomic E-state index is -0.597. The van der Waals surface area contributed by atoms with Crippen LogP contribution in [0.3, 0.4) is 0 Å². The SMILES string of the molecule is OC[C@@H](O)C1=CCCCC1. The topological polar surface area (TPSA) is 40.5 Å². The molecule has 0 bridgehead atoms. The summed E-state index contributed by atoms with van der Waals surface area (Å²) in [5.41, 5.74) is 1.02. The van der Waals surface area contributed by atoms with E-state index in [2.05, 4.69) is 0 Å². The highest BCUT2D eigenvalue weighted by atomic mass is 16.3. The van der Waals surface area contributed by atoms with Gasteiger partial charge in [-0.1, -0.05) is 6.08 Å². The van der Waals surface area contributed by atoms with Crippen LogP contribution in [0.15, 0.2) is 11.6 Å². The number of allylic oxidation sites excluding steroid dienone is 1. The van der Waals surface area contributed by atoms with E-state index in [1.165, 1.54) is 6.42 Å². The summed E-state index contributed by atoms with van der Waals surface area (Å²) in [4.78, 5) is 0. The second kappa shape index (κ2) is 3.74. The lowest BCUT2D eigenvalue weighted by Gasteiger charge is -2.16. The second-order valence-electron chi connectivity index (χ2n) is 2.72. The molecule has 0 spiro atoms. The molecule has 0 fully saturated rings. The van der Waals surface area contributed by atoms with Crippen LogP contribution in [-0.2, 0) is 0 Å². The third kappa shape index (κ3) is 1.82. The van der Waals surface area contributed by atoms with Gasteiger partial charge < -0.3 is 10.2 Å². The van der Waals surface area contributed by atoms with Crippen molar-refractivity contribution in [2.45, 2.75) is 31.8 Å². The smallest absolute Gasteiger partial charge is 0.0980 e. The standard InChI is InChI=1S/C8H14O2/c9-6-8(10)7-4-2-1-3-5-7/h4,8-10H,1-3,5-6H2/t8-/m1/s1. The van der Waals surface area contributed by atoms with Gasteiger partial charge in [0.2, 0.25) is 0 Å². The van der Waals surface area contributed by atoms with Gasteiger partial charge in [0.05, 0.1) is 12.7 Å². The predicted octanol–water partition coefficient (Wildman–Crippen LogP) is 0.840. The fraction of sp³-hybridized carbons (Fsp3) is 0.750. The molecule has 10 heavy (non-hydrogen) atoms. The maximum absolute atomic E-state index is 9.16. The molecule has 0 aromatic rings. The van der Waals surface area contributed by atoms with Gasteiger partial charge in [-0.25, -0.2) is 0 Å². The number of aliphatic hydroxyl groups is 2. The molecule has 0 unspecified atom stereocenters. The molecular weight excluding hydrogens is 128 g/mol. The van der Waals surface area contributed by atoms with E-state index in [0.717, 1.165) is 24.8 Å². The number of rotatable bonds is 2. The molecule has 0 aliphatic heterocycles. The van der Waals surface area contributed by atoms with Gasteiger partial charge in [0.1, 0.15) is 0 Å². The Morgan fingerprint density at radius 2 is 2.30 bits per heavy atom. The van der Waals surface area contributed by atoms with Gasteiger partial charge in [0.15, 0.2) is 0 Å². The summed E-state index contributed by atoms with van der Waals surface area (Å²) in [6, 6.07) is 0. The maximum atomic E-state index is 9.16. The van der Waals surface area contributed by atoms with Crippen molar-refractivity contribution in [1.29, 1.82) is 0 Å². The third-order valence-corrected chi connectivity index (χ3v) is 1.93. The van der Waals surface area contributed by atoms with E-state index < -0.39 is 6.10 Å². The Morgan fingerprint density at radius 3 is 2.80 bits per heavy atom. The minimum absolute atomic E-state index is 0.133. The molecule has 1 rings (SSSR count). The summed E-state index contributed by atoms with van der Waals surface area (Å²) >= 11 is 0.